The van der Waals surface area contributed by atoms with Gasteiger partial charge >= 0.3 is 0 Å². The molecule has 1 N–H and O–H groups in total. The summed E-state index contributed by atoms with van der Waals surface area (Å²) < 4.78 is 0. The Morgan fingerprint density at radius 2 is 1.63 bits per heavy atom. The first-order chi connectivity index (χ1) is 9.16. The van der Waals surface area contributed by atoms with E-state index in [9.17, 15) is 0 Å². The van der Waals surface area contributed by atoms with Crippen molar-refractivity contribution in [2.24, 2.45) is 0 Å². The van der Waals surface area contributed by atoms with Crippen LogP contribution in [0.2, 0.25) is 0 Å². The van der Waals surface area contributed by atoms with E-state index in [0.717, 1.165) is 13.1 Å². The summed E-state index contributed by atoms with van der Waals surface area (Å²) in [5.41, 5.74) is 5.91. The summed E-state index contributed by atoms with van der Waals surface area (Å²) in [7, 11) is 0. The molecule has 0 atom stereocenters. The molecule has 0 radical (unpaired) electrons. The average molecular weight is 260 g/mol. The Morgan fingerprint density at radius 3 is 2.26 bits per heavy atom. The van der Waals surface area contributed by atoms with Crippen molar-refractivity contribution in [3.8, 4) is 0 Å². The van der Waals surface area contributed by atoms with Gasteiger partial charge in [-0.15, -0.1) is 0 Å². The van der Waals surface area contributed by atoms with Crippen LogP contribution in [0, 0.1) is 20.8 Å². The molecule has 2 nitrogen and oxygen atoms in total. The van der Waals surface area contributed by atoms with Crippen molar-refractivity contribution in [2.75, 3.05) is 32.7 Å². The van der Waals surface area contributed by atoms with Gasteiger partial charge in [0.15, 0.2) is 0 Å². The molecule has 1 fully saturated rings. The standard InChI is InChI=1S/C17H28N2/c1-14-12-15(2)17(16(3)13-14)6-4-5-9-19-10-7-18-8-11-19/h12-13,18H,4-11H2,1-3H3. The highest BCUT2D eigenvalue weighted by Crippen LogP contribution is 2.18. The van der Waals surface area contributed by atoms with E-state index >= 15 is 0 Å². The van der Waals surface area contributed by atoms with Crippen molar-refractivity contribution in [1.82, 2.24) is 10.2 Å². The predicted octanol–water partition coefficient (Wildman–Crippen LogP) is 2.84. The SMILES string of the molecule is Cc1cc(C)c(CCCCN2CCNCC2)c(C)c1. The van der Waals surface area contributed by atoms with Crippen LogP contribution in [0.5, 0.6) is 0 Å². The summed E-state index contributed by atoms with van der Waals surface area (Å²) in [6.07, 6.45) is 3.88. The molecule has 0 saturated carbocycles. The van der Waals surface area contributed by atoms with Crippen LogP contribution in [0.4, 0.5) is 0 Å². The van der Waals surface area contributed by atoms with Crippen LogP contribution in [0.15, 0.2) is 12.1 Å². The Morgan fingerprint density at radius 1 is 1.00 bits per heavy atom. The van der Waals surface area contributed by atoms with E-state index < -0.39 is 0 Å². The molecule has 0 bridgehead atoms. The van der Waals surface area contributed by atoms with Crippen LogP contribution in [0.3, 0.4) is 0 Å². The lowest BCUT2D eigenvalue weighted by Gasteiger charge is -2.27. The Balaban J connectivity index is 1.76. The van der Waals surface area contributed by atoms with Crippen molar-refractivity contribution < 1.29 is 0 Å². The summed E-state index contributed by atoms with van der Waals surface area (Å²) in [4.78, 5) is 2.59. The molecule has 1 aromatic carbocycles. The molecule has 0 aromatic heterocycles. The summed E-state index contributed by atoms with van der Waals surface area (Å²) in [5.74, 6) is 0. The lowest BCUT2D eigenvalue weighted by molar-refractivity contribution is 0.237. The maximum atomic E-state index is 3.41. The number of aryl methyl sites for hydroxylation is 3. The lowest BCUT2D eigenvalue weighted by atomic mass is 9.95. The molecule has 0 aliphatic carbocycles. The van der Waals surface area contributed by atoms with Crippen molar-refractivity contribution in [2.45, 2.75) is 40.0 Å². The van der Waals surface area contributed by atoms with Crippen LogP contribution in [-0.4, -0.2) is 37.6 Å². The van der Waals surface area contributed by atoms with E-state index in [1.807, 2.05) is 0 Å². The third-order valence-electron chi connectivity index (χ3n) is 4.20. The second-order valence-electron chi connectivity index (χ2n) is 5.93. The van der Waals surface area contributed by atoms with E-state index in [2.05, 4.69) is 43.1 Å². The summed E-state index contributed by atoms with van der Waals surface area (Å²) in [6, 6.07) is 4.64. The number of rotatable bonds is 5. The van der Waals surface area contributed by atoms with E-state index in [1.54, 1.807) is 5.56 Å². The number of piperazine rings is 1. The molecule has 0 amide bonds. The third kappa shape index (κ3) is 4.32. The average Bonchev–Trinajstić information content (AvgIpc) is 2.38. The van der Waals surface area contributed by atoms with E-state index in [1.165, 1.54) is 55.6 Å². The first-order valence-corrected chi connectivity index (χ1v) is 7.66. The smallest absolute Gasteiger partial charge is 0.0107 e. The summed E-state index contributed by atoms with van der Waals surface area (Å²) >= 11 is 0. The number of unbranched alkanes of at least 4 members (excludes halogenated alkanes) is 1. The fourth-order valence-corrected chi connectivity index (χ4v) is 3.18. The Hall–Kier alpha value is -0.860. The number of benzene rings is 1. The largest absolute Gasteiger partial charge is 0.314 e. The van der Waals surface area contributed by atoms with Crippen molar-refractivity contribution in [3.05, 3.63) is 34.4 Å². The van der Waals surface area contributed by atoms with Crippen LogP contribution >= 0.6 is 0 Å². The predicted molar refractivity (Wildman–Crippen MR) is 82.9 cm³/mol. The maximum absolute atomic E-state index is 3.41. The highest BCUT2D eigenvalue weighted by Gasteiger charge is 2.09. The molecular formula is C17H28N2. The molecule has 106 valence electrons. The van der Waals surface area contributed by atoms with E-state index in [-0.39, 0.29) is 0 Å². The zero-order valence-corrected chi connectivity index (χ0v) is 12.8. The summed E-state index contributed by atoms with van der Waals surface area (Å²) in [6.45, 7) is 12.7. The van der Waals surface area contributed by atoms with Gasteiger partial charge in [0.1, 0.15) is 0 Å². The van der Waals surface area contributed by atoms with Gasteiger partial charge in [-0.1, -0.05) is 17.7 Å². The molecular weight excluding hydrogens is 232 g/mol. The van der Waals surface area contributed by atoms with Crippen LogP contribution in [0.1, 0.15) is 35.1 Å². The molecule has 19 heavy (non-hydrogen) atoms. The molecule has 1 aliphatic heterocycles. The number of nitrogens with one attached hydrogen (secondary N) is 1. The maximum Gasteiger partial charge on any atom is 0.0107 e. The van der Waals surface area contributed by atoms with Crippen molar-refractivity contribution in [3.63, 3.8) is 0 Å². The molecule has 1 aliphatic rings. The zero-order valence-electron chi connectivity index (χ0n) is 12.8. The Labute approximate surface area is 118 Å². The minimum Gasteiger partial charge on any atom is -0.314 e. The minimum atomic E-state index is 1.16. The van der Waals surface area contributed by atoms with Crippen LogP contribution < -0.4 is 5.32 Å². The molecule has 1 aromatic rings. The van der Waals surface area contributed by atoms with Crippen LogP contribution in [-0.2, 0) is 6.42 Å². The second kappa shape index (κ2) is 7.06. The quantitative estimate of drug-likeness (QED) is 0.819. The van der Waals surface area contributed by atoms with Crippen LogP contribution in [0.25, 0.3) is 0 Å². The molecule has 2 rings (SSSR count). The van der Waals surface area contributed by atoms with Gasteiger partial charge in [0.05, 0.1) is 0 Å². The monoisotopic (exact) mass is 260 g/mol. The van der Waals surface area contributed by atoms with E-state index in [0.29, 0.717) is 0 Å². The zero-order chi connectivity index (χ0) is 13.7. The van der Waals surface area contributed by atoms with Crippen molar-refractivity contribution >= 4 is 0 Å². The molecule has 1 saturated heterocycles. The van der Waals surface area contributed by atoms with Gasteiger partial charge in [0.2, 0.25) is 0 Å². The van der Waals surface area contributed by atoms with Gasteiger partial charge in [0.25, 0.3) is 0 Å². The van der Waals surface area contributed by atoms with Gasteiger partial charge in [-0.05, 0) is 63.3 Å². The molecule has 0 unspecified atom stereocenters. The normalized spacial score (nSPS) is 16.8. The second-order valence-corrected chi connectivity index (χ2v) is 5.93. The summed E-state index contributed by atoms with van der Waals surface area (Å²) in [5, 5.41) is 3.41. The minimum absolute atomic E-state index is 1.16. The Kier molecular flexibility index (Phi) is 5.41. The number of hydrogen-bond acceptors (Lipinski definition) is 2. The molecule has 2 heteroatoms. The number of nitrogens with zero attached hydrogens (tertiary/aromatic N) is 1. The fraction of sp³-hybridized carbons (Fsp3) is 0.647. The van der Waals surface area contributed by atoms with Crippen molar-refractivity contribution in [1.29, 1.82) is 0 Å². The highest BCUT2D eigenvalue weighted by molar-refractivity contribution is 5.37. The van der Waals surface area contributed by atoms with Gasteiger partial charge in [0, 0.05) is 26.2 Å². The Bertz CT molecular complexity index is 383. The fourth-order valence-electron chi connectivity index (χ4n) is 3.18. The van der Waals surface area contributed by atoms with Gasteiger partial charge in [-0.25, -0.2) is 0 Å². The third-order valence-corrected chi connectivity index (χ3v) is 4.20. The first kappa shape index (κ1) is 14.5. The highest BCUT2D eigenvalue weighted by atomic mass is 15.2. The van der Waals surface area contributed by atoms with Gasteiger partial charge < -0.3 is 10.2 Å². The lowest BCUT2D eigenvalue weighted by Crippen LogP contribution is -2.43. The van der Waals surface area contributed by atoms with Gasteiger partial charge in [-0.2, -0.15) is 0 Å². The first-order valence-electron chi connectivity index (χ1n) is 7.66. The topological polar surface area (TPSA) is 15.3 Å². The van der Waals surface area contributed by atoms with Gasteiger partial charge in [-0.3, -0.25) is 0 Å². The molecule has 1 heterocycles. The van der Waals surface area contributed by atoms with E-state index in [4.69, 9.17) is 0 Å². The molecule has 0 spiro atoms. The number of hydrogen-bond donors (Lipinski definition) is 1.